The summed E-state index contributed by atoms with van der Waals surface area (Å²) in [6, 6.07) is 4.93. The molecule has 24 heavy (non-hydrogen) atoms. The lowest BCUT2D eigenvalue weighted by atomic mass is 10.2. The smallest absolute Gasteiger partial charge is 0.377 e. The van der Waals surface area contributed by atoms with Gasteiger partial charge in [0.25, 0.3) is 0 Å². The van der Waals surface area contributed by atoms with Gasteiger partial charge >= 0.3 is 5.82 Å². The van der Waals surface area contributed by atoms with Gasteiger partial charge in [-0.25, -0.2) is 4.98 Å². The van der Waals surface area contributed by atoms with Crippen LogP contribution in [0.5, 0.6) is 0 Å². The Hall–Kier alpha value is -2.52. The van der Waals surface area contributed by atoms with Gasteiger partial charge in [0, 0.05) is 12.6 Å². The monoisotopic (exact) mass is 350 g/mol. The number of anilines is 3. The van der Waals surface area contributed by atoms with Crippen LogP contribution < -0.4 is 10.2 Å². The van der Waals surface area contributed by atoms with Crippen molar-refractivity contribution in [3.8, 4) is 0 Å². The Morgan fingerprint density at radius 1 is 1.50 bits per heavy atom. The van der Waals surface area contributed by atoms with Gasteiger partial charge in [0.15, 0.2) is 0 Å². The molecule has 0 bridgehead atoms. The van der Waals surface area contributed by atoms with Crippen molar-refractivity contribution in [2.45, 2.75) is 13.0 Å². The highest BCUT2D eigenvalue weighted by Gasteiger charge is 2.22. The van der Waals surface area contributed by atoms with E-state index in [1.807, 2.05) is 6.92 Å². The maximum Gasteiger partial charge on any atom is 0.387 e. The third kappa shape index (κ3) is 3.52. The Labute approximate surface area is 142 Å². The number of ether oxygens (including phenoxy) is 1. The maximum absolute atomic E-state index is 11.1. The second-order valence-corrected chi connectivity index (χ2v) is 5.63. The first-order valence-corrected chi connectivity index (χ1v) is 7.68. The summed E-state index contributed by atoms with van der Waals surface area (Å²) >= 11 is 6.09. The normalized spacial score (nSPS) is 17.6. The molecule has 10 heteroatoms. The van der Waals surface area contributed by atoms with Gasteiger partial charge in [0.1, 0.15) is 22.9 Å². The first-order chi connectivity index (χ1) is 11.5. The van der Waals surface area contributed by atoms with Crippen LogP contribution in [0.2, 0.25) is 5.15 Å². The van der Waals surface area contributed by atoms with E-state index in [0.717, 1.165) is 0 Å². The molecule has 0 saturated carbocycles. The predicted octanol–water partition coefficient (Wildman–Crippen LogP) is 2.40. The zero-order valence-electron chi connectivity index (χ0n) is 12.8. The molecule has 2 aromatic heterocycles. The first-order valence-electron chi connectivity index (χ1n) is 7.30. The van der Waals surface area contributed by atoms with Gasteiger partial charge in [0.2, 0.25) is 5.95 Å². The van der Waals surface area contributed by atoms with Crippen LogP contribution in [0.15, 0.2) is 24.4 Å². The summed E-state index contributed by atoms with van der Waals surface area (Å²) in [5, 5.41) is 14.1. The Balaban J connectivity index is 1.91. The van der Waals surface area contributed by atoms with Crippen molar-refractivity contribution in [3.05, 3.63) is 39.7 Å². The molecule has 0 spiro atoms. The van der Waals surface area contributed by atoms with Crippen molar-refractivity contribution in [2.75, 3.05) is 30.0 Å². The number of hydrogen-bond donors (Lipinski definition) is 1. The number of aromatic nitrogens is 3. The van der Waals surface area contributed by atoms with Crippen molar-refractivity contribution in [1.29, 1.82) is 0 Å². The second kappa shape index (κ2) is 6.93. The van der Waals surface area contributed by atoms with Crippen LogP contribution in [0.4, 0.5) is 23.3 Å². The number of nitrogens with zero attached hydrogens (tertiary/aromatic N) is 5. The molecule has 1 fully saturated rings. The zero-order valence-corrected chi connectivity index (χ0v) is 13.6. The van der Waals surface area contributed by atoms with Crippen LogP contribution in [-0.4, -0.2) is 45.7 Å². The molecule has 2 aromatic rings. The Bertz CT molecular complexity index is 759. The fourth-order valence-electron chi connectivity index (χ4n) is 2.44. The van der Waals surface area contributed by atoms with E-state index >= 15 is 0 Å². The van der Waals surface area contributed by atoms with Gasteiger partial charge < -0.3 is 25.1 Å². The molecule has 1 N–H and O–H groups in total. The fraction of sp³-hybridized carbons (Fsp3) is 0.357. The van der Waals surface area contributed by atoms with Crippen molar-refractivity contribution in [2.24, 2.45) is 0 Å². The molecular formula is C14H15ClN6O3. The van der Waals surface area contributed by atoms with Crippen molar-refractivity contribution >= 4 is 34.9 Å². The summed E-state index contributed by atoms with van der Waals surface area (Å²) in [5.41, 5.74) is 0.200. The van der Waals surface area contributed by atoms with E-state index in [0.29, 0.717) is 25.6 Å². The average Bonchev–Trinajstić information content (AvgIpc) is 2.55. The Morgan fingerprint density at radius 3 is 3.08 bits per heavy atom. The first kappa shape index (κ1) is 16.3. The SMILES string of the molecule is C[C@@H]1COCCN1c1cc(Cl)nc(Nc2cccnc2[N+](=O)[O-])n1. The van der Waals surface area contributed by atoms with Crippen LogP contribution in [0.1, 0.15) is 6.92 Å². The van der Waals surface area contributed by atoms with E-state index in [1.165, 1.54) is 12.3 Å². The van der Waals surface area contributed by atoms with Gasteiger partial charge in [-0.3, -0.25) is 0 Å². The molecule has 0 aromatic carbocycles. The molecule has 0 amide bonds. The Kier molecular flexibility index (Phi) is 4.72. The van der Waals surface area contributed by atoms with Gasteiger partial charge in [0.05, 0.1) is 19.3 Å². The number of hydrogen-bond acceptors (Lipinski definition) is 8. The van der Waals surface area contributed by atoms with E-state index in [4.69, 9.17) is 16.3 Å². The summed E-state index contributed by atoms with van der Waals surface area (Å²) in [6.45, 7) is 3.90. The molecule has 126 valence electrons. The number of morpholine rings is 1. The van der Waals surface area contributed by atoms with Crippen molar-refractivity contribution in [1.82, 2.24) is 15.0 Å². The van der Waals surface area contributed by atoms with Gasteiger partial charge in [-0.05, 0) is 29.0 Å². The minimum Gasteiger partial charge on any atom is -0.377 e. The molecule has 0 unspecified atom stereocenters. The van der Waals surface area contributed by atoms with Crippen LogP contribution in [0.3, 0.4) is 0 Å². The lowest BCUT2D eigenvalue weighted by molar-refractivity contribution is -0.388. The quantitative estimate of drug-likeness (QED) is 0.509. The minimum atomic E-state index is -0.572. The summed E-state index contributed by atoms with van der Waals surface area (Å²) in [6.07, 6.45) is 1.35. The van der Waals surface area contributed by atoms with Crippen molar-refractivity contribution in [3.63, 3.8) is 0 Å². The lowest BCUT2D eigenvalue weighted by Gasteiger charge is -2.34. The van der Waals surface area contributed by atoms with Crippen LogP contribution in [0.25, 0.3) is 0 Å². The summed E-state index contributed by atoms with van der Waals surface area (Å²) in [5.74, 6) is 0.509. The van der Waals surface area contributed by atoms with Crippen molar-refractivity contribution < 1.29 is 9.66 Å². The highest BCUT2D eigenvalue weighted by Crippen LogP contribution is 2.26. The molecular weight excluding hydrogens is 336 g/mol. The molecule has 1 aliphatic heterocycles. The standard InChI is InChI=1S/C14H15ClN6O3/c1-9-8-24-6-5-20(9)12-7-11(15)18-14(19-12)17-10-3-2-4-16-13(10)21(22)23/h2-4,7,9H,5-6,8H2,1H3,(H,17,18,19)/t9-/m1/s1. The van der Waals surface area contributed by atoms with Crippen LogP contribution in [0, 0.1) is 10.1 Å². The molecule has 1 saturated heterocycles. The predicted molar refractivity (Wildman–Crippen MR) is 88.8 cm³/mol. The average molecular weight is 351 g/mol. The largest absolute Gasteiger partial charge is 0.387 e. The van der Waals surface area contributed by atoms with Gasteiger partial charge in [-0.15, -0.1) is 0 Å². The van der Waals surface area contributed by atoms with E-state index in [2.05, 4.69) is 25.2 Å². The minimum absolute atomic E-state index is 0.144. The molecule has 3 heterocycles. The van der Waals surface area contributed by atoms with E-state index in [9.17, 15) is 10.1 Å². The molecule has 1 atom stereocenters. The number of halogens is 1. The van der Waals surface area contributed by atoms with Gasteiger partial charge in [-0.1, -0.05) is 11.6 Å². The molecule has 1 aliphatic rings. The number of pyridine rings is 1. The molecule has 0 radical (unpaired) electrons. The second-order valence-electron chi connectivity index (χ2n) is 5.25. The zero-order chi connectivity index (χ0) is 17.1. The van der Waals surface area contributed by atoms with E-state index < -0.39 is 4.92 Å². The third-order valence-corrected chi connectivity index (χ3v) is 3.74. The highest BCUT2D eigenvalue weighted by atomic mass is 35.5. The van der Waals surface area contributed by atoms with Crippen LogP contribution >= 0.6 is 11.6 Å². The highest BCUT2D eigenvalue weighted by molar-refractivity contribution is 6.29. The van der Waals surface area contributed by atoms with E-state index in [-0.39, 0.29) is 28.6 Å². The Morgan fingerprint density at radius 2 is 2.33 bits per heavy atom. The number of nitro groups is 1. The summed E-state index contributed by atoms with van der Waals surface area (Å²) in [7, 11) is 0. The topological polar surface area (TPSA) is 106 Å². The fourth-order valence-corrected chi connectivity index (χ4v) is 2.61. The number of rotatable bonds is 4. The van der Waals surface area contributed by atoms with Crippen LogP contribution in [-0.2, 0) is 4.74 Å². The third-order valence-electron chi connectivity index (χ3n) is 3.55. The molecule has 3 rings (SSSR count). The molecule has 9 nitrogen and oxygen atoms in total. The summed E-state index contributed by atoms with van der Waals surface area (Å²) < 4.78 is 5.41. The van der Waals surface area contributed by atoms with Gasteiger partial charge in [-0.2, -0.15) is 4.98 Å². The summed E-state index contributed by atoms with van der Waals surface area (Å²) in [4.78, 5) is 24.8. The lowest BCUT2D eigenvalue weighted by Crippen LogP contribution is -2.44. The number of nitrogens with one attached hydrogen (secondary N) is 1. The maximum atomic E-state index is 11.1. The molecule has 0 aliphatic carbocycles. The van der Waals surface area contributed by atoms with E-state index in [1.54, 1.807) is 12.1 Å².